The molecule has 0 amide bonds. The SMILES string of the molecule is Cc1noc(C)c1COC(=O)c1c2c(nc3ccccc13)CC[C@@H](C(C)(C)C)C2. The number of aromatic nitrogens is 2. The molecule has 1 aromatic carbocycles. The van der Waals surface area contributed by atoms with E-state index in [0.29, 0.717) is 17.2 Å². The minimum absolute atomic E-state index is 0.161. The van der Waals surface area contributed by atoms with Crippen LogP contribution in [0.5, 0.6) is 0 Å². The molecule has 2 heterocycles. The Morgan fingerprint density at radius 3 is 2.69 bits per heavy atom. The molecular formula is C24H28N2O3. The summed E-state index contributed by atoms with van der Waals surface area (Å²) in [6, 6.07) is 7.85. The Labute approximate surface area is 171 Å². The molecule has 1 aliphatic rings. The number of carbonyl (C=O) groups excluding carboxylic acids is 1. The number of carbonyl (C=O) groups is 1. The van der Waals surface area contributed by atoms with Crippen molar-refractivity contribution in [1.29, 1.82) is 0 Å². The van der Waals surface area contributed by atoms with E-state index in [1.165, 1.54) is 0 Å². The van der Waals surface area contributed by atoms with Gasteiger partial charge in [-0.05, 0) is 56.1 Å². The highest BCUT2D eigenvalue weighted by Crippen LogP contribution is 2.39. The lowest BCUT2D eigenvalue weighted by Gasteiger charge is -2.35. The predicted octanol–water partition coefficient (Wildman–Crippen LogP) is 5.35. The van der Waals surface area contributed by atoms with E-state index in [-0.39, 0.29) is 18.0 Å². The Morgan fingerprint density at radius 2 is 2.00 bits per heavy atom. The third-order valence-electron chi connectivity index (χ3n) is 6.22. The van der Waals surface area contributed by atoms with Gasteiger partial charge in [0.05, 0.1) is 22.3 Å². The van der Waals surface area contributed by atoms with Crippen molar-refractivity contribution in [2.75, 3.05) is 0 Å². The van der Waals surface area contributed by atoms with Crippen molar-refractivity contribution in [2.45, 2.75) is 60.5 Å². The maximum absolute atomic E-state index is 13.3. The van der Waals surface area contributed by atoms with E-state index in [0.717, 1.165) is 52.7 Å². The van der Waals surface area contributed by atoms with Crippen molar-refractivity contribution in [3.8, 4) is 0 Å². The van der Waals surface area contributed by atoms with Crippen LogP contribution in [0.3, 0.4) is 0 Å². The summed E-state index contributed by atoms with van der Waals surface area (Å²) in [6.07, 6.45) is 2.84. The number of ether oxygens (including phenoxy) is 1. The second kappa shape index (κ2) is 7.29. The first-order valence-corrected chi connectivity index (χ1v) is 10.2. The van der Waals surface area contributed by atoms with E-state index in [1.54, 1.807) is 0 Å². The van der Waals surface area contributed by atoms with Crippen LogP contribution < -0.4 is 0 Å². The fraction of sp³-hybridized carbons (Fsp3) is 0.458. The van der Waals surface area contributed by atoms with E-state index in [9.17, 15) is 4.79 Å². The number of para-hydroxylation sites is 1. The standard InChI is InChI=1S/C24H28N2O3/c1-14-19(15(2)29-26-14)13-28-23(27)22-17-8-6-7-9-20(17)25-21-11-10-16(12-18(21)22)24(3,4)5/h6-9,16H,10-13H2,1-5H3/t16-/m1/s1. The molecule has 29 heavy (non-hydrogen) atoms. The topological polar surface area (TPSA) is 65.2 Å². The highest BCUT2D eigenvalue weighted by atomic mass is 16.5. The van der Waals surface area contributed by atoms with Crippen LogP contribution in [-0.4, -0.2) is 16.1 Å². The van der Waals surface area contributed by atoms with Crippen LogP contribution in [0, 0.1) is 25.2 Å². The number of benzene rings is 1. The van der Waals surface area contributed by atoms with Crippen molar-refractivity contribution >= 4 is 16.9 Å². The molecular weight excluding hydrogens is 364 g/mol. The number of aryl methyl sites for hydroxylation is 3. The van der Waals surface area contributed by atoms with E-state index < -0.39 is 0 Å². The van der Waals surface area contributed by atoms with Gasteiger partial charge in [-0.25, -0.2) is 4.79 Å². The smallest absolute Gasteiger partial charge is 0.339 e. The van der Waals surface area contributed by atoms with Gasteiger partial charge in [-0.15, -0.1) is 0 Å². The molecule has 5 heteroatoms. The zero-order valence-corrected chi connectivity index (χ0v) is 17.8. The molecule has 3 aromatic rings. The van der Waals surface area contributed by atoms with E-state index in [4.69, 9.17) is 14.2 Å². The van der Waals surface area contributed by atoms with Crippen LogP contribution in [-0.2, 0) is 24.2 Å². The molecule has 0 spiro atoms. The maximum Gasteiger partial charge on any atom is 0.339 e. The van der Waals surface area contributed by atoms with Crippen molar-refractivity contribution in [3.05, 3.63) is 58.1 Å². The molecule has 0 fully saturated rings. The number of nitrogens with zero attached hydrogens (tertiary/aromatic N) is 2. The fourth-order valence-corrected chi connectivity index (χ4v) is 4.28. The molecule has 0 aliphatic heterocycles. The predicted molar refractivity (Wildman–Crippen MR) is 112 cm³/mol. The van der Waals surface area contributed by atoms with Crippen LogP contribution in [0.2, 0.25) is 0 Å². The minimum atomic E-state index is -0.297. The molecule has 0 radical (unpaired) electrons. The summed E-state index contributed by atoms with van der Waals surface area (Å²) in [5.41, 5.74) is 5.38. The Hall–Kier alpha value is -2.69. The van der Waals surface area contributed by atoms with E-state index in [1.807, 2.05) is 38.1 Å². The van der Waals surface area contributed by atoms with Crippen molar-refractivity contribution in [3.63, 3.8) is 0 Å². The minimum Gasteiger partial charge on any atom is -0.457 e. The molecule has 0 bridgehead atoms. The molecule has 2 aromatic heterocycles. The number of fused-ring (bicyclic) bond motifs is 2. The third kappa shape index (κ3) is 3.66. The quantitative estimate of drug-likeness (QED) is 0.562. The second-order valence-electron chi connectivity index (χ2n) is 9.11. The zero-order valence-electron chi connectivity index (χ0n) is 17.8. The molecule has 1 aliphatic carbocycles. The van der Waals surface area contributed by atoms with Gasteiger partial charge in [-0.1, -0.05) is 44.1 Å². The summed E-state index contributed by atoms with van der Waals surface area (Å²) in [5.74, 6) is 0.895. The molecule has 152 valence electrons. The van der Waals surface area contributed by atoms with Crippen LogP contribution in [0.1, 0.15) is 65.8 Å². The van der Waals surface area contributed by atoms with Crippen molar-refractivity contribution < 1.29 is 14.1 Å². The first-order valence-electron chi connectivity index (χ1n) is 10.2. The molecule has 0 unspecified atom stereocenters. The van der Waals surface area contributed by atoms with E-state index >= 15 is 0 Å². The maximum atomic E-state index is 13.3. The number of esters is 1. The lowest BCUT2D eigenvalue weighted by Crippen LogP contribution is -2.29. The average Bonchev–Trinajstić information content (AvgIpc) is 3.00. The largest absolute Gasteiger partial charge is 0.457 e. The Kier molecular flexibility index (Phi) is 4.93. The normalized spacial score (nSPS) is 16.7. The molecule has 0 saturated heterocycles. The second-order valence-corrected chi connectivity index (χ2v) is 9.11. The summed E-state index contributed by atoms with van der Waals surface area (Å²) in [4.78, 5) is 18.2. The van der Waals surface area contributed by atoms with Crippen LogP contribution in [0.15, 0.2) is 28.8 Å². The zero-order chi connectivity index (χ0) is 20.8. The average molecular weight is 392 g/mol. The highest BCUT2D eigenvalue weighted by Gasteiger charge is 2.33. The Bertz CT molecular complexity index is 1060. The number of hydrogen-bond donors (Lipinski definition) is 0. The molecule has 0 N–H and O–H groups in total. The molecule has 5 nitrogen and oxygen atoms in total. The molecule has 0 saturated carbocycles. The Balaban J connectivity index is 1.75. The van der Waals surface area contributed by atoms with Gasteiger partial charge in [0.1, 0.15) is 12.4 Å². The van der Waals surface area contributed by atoms with Gasteiger partial charge < -0.3 is 9.26 Å². The van der Waals surface area contributed by atoms with Crippen LogP contribution in [0.25, 0.3) is 10.9 Å². The number of rotatable bonds is 3. The van der Waals surface area contributed by atoms with Gasteiger partial charge in [-0.2, -0.15) is 0 Å². The monoisotopic (exact) mass is 392 g/mol. The lowest BCUT2D eigenvalue weighted by molar-refractivity contribution is 0.0470. The summed E-state index contributed by atoms with van der Waals surface area (Å²) in [7, 11) is 0. The summed E-state index contributed by atoms with van der Waals surface area (Å²) in [6.45, 7) is 10.7. The van der Waals surface area contributed by atoms with Gasteiger partial charge in [0, 0.05) is 11.1 Å². The molecule has 1 atom stereocenters. The third-order valence-corrected chi connectivity index (χ3v) is 6.22. The Morgan fingerprint density at radius 1 is 1.24 bits per heavy atom. The van der Waals surface area contributed by atoms with Crippen LogP contribution >= 0.6 is 0 Å². The summed E-state index contributed by atoms with van der Waals surface area (Å²) < 4.78 is 11.0. The first-order chi connectivity index (χ1) is 13.8. The van der Waals surface area contributed by atoms with E-state index in [2.05, 4.69) is 25.9 Å². The van der Waals surface area contributed by atoms with Gasteiger partial charge in [-0.3, -0.25) is 4.98 Å². The lowest BCUT2D eigenvalue weighted by atomic mass is 9.70. The van der Waals surface area contributed by atoms with Gasteiger partial charge in [0.15, 0.2) is 0 Å². The number of hydrogen-bond acceptors (Lipinski definition) is 5. The van der Waals surface area contributed by atoms with Crippen molar-refractivity contribution in [2.24, 2.45) is 11.3 Å². The summed E-state index contributed by atoms with van der Waals surface area (Å²) >= 11 is 0. The fourth-order valence-electron chi connectivity index (χ4n) is 4.28. The van der Waals surface area contributed by atoms with Gasteiger partial charge >= 0.3 is 5.97 Å². The van der Waals surface area contributed by atoms with Crippen molar-refractivity contribution in [1.82, 2.24) is 10.1 Å². The highest BCUT2D eigenvalue weighted by molar-refractivity contribution is 6.05. The van der Waals surface area contributed by atoms with Gasteiger partial charge in [0.25, 0.3) is 0 Å². The summed E-state index contributed by atoms with van der Waals surface area (Å²) in [5, 5.41) is 4.81. The van der Waals surface area contributed by atoms with Gasteiger partial charge in [0.2, 0.25) is 0 Å². The van der Waals surface area contributed by atoms with Crippen LogP contribution in [0.4, 0.5) is 0 Å². The number of pyridine rings is 1. The first kappa shape index (κ1) is 19.6. The molecule has 4 rings (SSSR count).